The Kier molecular flexibility index (Phi) is 3.61. The number of hydrogen-bond donors (Lipinski definition) is 3. The van der Waals surface area contributed by atoms with Gasteiger partial charge in [0.1, 0.15) is 0 Å². The Bertz CT molecular complexity index is 457. The zero-order valence-corrected chi connectivity index (χ0v) is 10.1. The second-order valence-electron chi connectivity index (χ2n) is 4.51. The Morgan fingerprint density at radius 2 is 2.39 bits per heavy atom. The number of carbonyl (C=O) groups excluding carboxylic acids is 1. The topological polar surface area (TPSA) is 98.3 Å². The smallest absolute Gasteiger partial charge is 0.354 e. The molecule has 2 rings (SSSR count). The number of likely N-dealkylation sites (N-methyl/N-ethyl adjacent to an activating group) is 1. The molecule has 2 heterocycles. The molecule has 1 atom stereocenters. The first kappa shape index (κ1) is 12.6. The second kappa shape index (κ2) is 5.18. The Labute approximate surface area is 104 Å². The van der Waals surface area contributed by atoms with Gasteiger partial charge in [0.05, 0.1) is 6.33 Å². The average molecular weight is 252 g/mol. The van der Waals surface area contributed by atoms with E-state index in [2.05, 4.69) is 20.2 Å². The molecule has 1 fully saturated rings. The van der Waals surface area contributed by atoms with Gasteiger partial charge in [0, 0.05) is 12.6 Å². The summed E-state index contributed by atoms with van der Waals surface area (Å²) in [4.78, 5) is 31.1. The molecule has 0 radical (unpaired) electrons. The van der Waals surface area contributed by atoms with Crippen LogP contribution in [0.3, 0.4) is 0 Å². The lowest BCUT2D eigenvalue weighted by molar-refractivity contribution is 0.0683. The van der Waals surface area contributed by atoms with Crippen LogP contribution >= 0.6 is 0 Å². The SMILES string of the molecule is CN1CCCC(NC(=O)c2nc[nH]c2C(=O)O)C1. The van der Waals surface area contributed by atoms with Gasteiger partial charge in [0.2, 0.25) is 0 Å². The maximum Gasteiger partial charge on any atom is 0.354 e. The van der Waals surface area contributed by atoms with Crippen LogP contribution in [0, 0.1) is 0 Å². The fourth-order valence-electron chi connectivity index (χ4n) is 2.17. The molecule has 1 aliphatic heterocycles. The van der Waals surface area contributed by atoms with E-state index < -0.39 is 11.9 Å². The number of likely N-dealkylation sites (tertiary alicyclic amines) is 1. The number of aromatic amines is 1. The Balaban J connectivity index is 2.03. The standard InChI is InChI=1S/C11H16N4O3/c1-15-4-2-3-7(5-15)14-10(16)8-9(11(17)18)13-6-12-8/h6-7H,2-5H2,1H3,(H,12,13)(H,14,16)(H,17,18). The van der Waals surface area contributed by atoms with E-state index >= 15 is 0 Å². The van der Waals surface area contributed by atoms with E-state index in [-0.39, 0.29) is 17.4 Å². The van der Waals surface area contributed by atoms with E-state index in [4.69, 9.17) is 5.11 Å². The average Bonchev–Trinajstić information content (AvgIpc) is 2.77. The third-order valence-corrected chi connectivity index (χ3v) is 3.03. The predicted octanol–water partition coefficient (Wildman–Crippen LogP) is -0.0681. The van der Waals surface area contributed by atoms with Gasteiger partial charge < -0.3 is 20.3 Å². The third-order valence-electron chi connectivity index (χ3n) is 3.03. The molecule has 1 aliphatic rings. The number of imidazole rings is 1. The first-order valence-corrected chi connectivity index (χ1v) is 5.84. The number of carbonyl (C=O) groups is 2. The molecule has 1 saturated heterocycles. The van der Waals surface area contributed by atoms with Gasteiger partial charge in [-0.2, -0.15) is 0 Å². The van der Waals surface area contributed by atoms with Crippen molar-refractivity contribution in [2.24, 2.45) is 0 Å². The summed E-state index contributed by atoms with van der Waals surface area (Å²) in [5, 5.41) is 11.7. The van der Waals surface area contributed by atoms with Gasteiger partial charge in [-0.15, -0.1) is 0 Å². The molecule has 7 heteroatoms. The quantitative estimate of drug-likeness (QED) is 0.699. The van der Waals surface area contributed by atoms with Crippen molar-refractivity contribution in [3.63, 3.8) is 0 Å². The lowest BCUT2D eigenvalue weighted by atomic mass is 10.1. The number of hydrogen-bond acceptors (Lipinski definition) is 4. The number of carboxylic acids is 1. The summed E-state index contributed by atoms with van der Waals surface area (Å²) in [7, 11) is 2.00. The Morgan fingerprint density at radius 3 is 3.06 bits per heavy atom. The molecule has 0 aliphatic carbocycles. The fourth-order valence-corrected chi connectivity index (χ4v) is 2.17. The summed E-state index contributed by atoms with van der Waals surface area (Å²) in [6.07, 6.45) is 3.14. The van der Waals surface area contributed by atoms with Crippen molar-refractivity contribution < 1.29 is 14.7 Å². The lowest BCUT2D eigenvalue weighted by Crippen LogP contribution is -2.46. The van der Waals surface area contributed by atoms with E-state index in [0.29, 0.717) is 0 Å². The number of nitrogens with zero attached hydrogens (tertiary/aromatic N) is 2. The largest absolute Gasteiger partial charge is 0.477 e. The van der Waals surface area contributed by atoms with Crippen LogP contribution in [0.2, 0.25) is 0 Å². The van der Waals surface area contributed by atoms with Crippen LogP contribution in [0.15, 0.2) is 6.33 Å². The Hall–Kier alpha value is -1.89. The van der Waals surface area contributed by atoms with Crippen molar-refractivity contribution in [2.45, 2.75) is 18.9 Å². The predicted molar refractivity (Wildman–Crippen MR) is 63.5 cm³/mol. The highest BCUT2D eigenvalue weighted by molar-refractivity contribution is 6.02. The van der Waals surface area contributed by atoms with Crippen molar-refractivity contribution in [1.29, 1.82) is 0 Å². The molecule has 1 aromatic rings. The summed E-state index contributed by atoms with van der Waals surface area (Å²) < 4.78 is 0. The summed E-state index contributed by atoms with van der Waals surface area (Å²) in [5.74, 6) is -1.62. The molecular formula is C11H16N4O3. The molecule has 0 bridgehead atoms. The van der Waals surface area contributed by atoms with Crippen LogP contribution in [0.25, 0.3) is 0 Å². The van der Waals surface area contributed by atoms with Gasteiger partial charge >= 0.3 is 5.97 Å². The van der Waals surface area contributed by atoms with Gasteiger partial charge in [-0.25, -0.2) is 9.78 Å². The van der Waals surface area contributed by atoms with Crippen molar-refractivity contribution in [2.75, 3.05) is 20.1 Å². The van der Waals surface area contributed by atoms with Crippen LogP contribution in [0.1, 0.15) is 33.8 Å². The normalized spacial score (nSPS) is 20.6. The van der Waals surface area contributed by atoms with Crippen LogP contribution in [-0.2, 0) is 0 Å². The van der Waals surface area contributed by atoms with Crippen molar-refractivity contribution in [1.82, 2.24) is 20.2 Å². The first-order valence-electron chi connectivity index (χ1n) is 5.84. The molecule has 3 N–H and O–H groups in total. The van der Waals surface area contributed by atoms with E-state index in [0.717, 1.165) is 25.9 Å². The fraction of sp³-hybridized carbons (Fsp3) is 0.545. The van der Waals surface area contributed by atoms with Gasteiger partial charge in [-0.05, 0) is 26.4 Å². The molecule has 18 heavy (non-hydrogen) atoms. The van der Waals surface area contributed by atoms with Crippen molar-refractivity contribution in [3.05, 3.63) is 17.7 Å². The number of rotatable bonds is 3. The van der Waals surface area contributed by atoms with Crippen LogP contribution < -0.4 is 5.32 Å². The summed E-state index contributed by atoms with van der Waals surface area (Å²) in [5.41, 5.74) is -0.229. The summed E-state index contributed by atoms with van der Waals surface area (Å²) in [6.45, 7) is 1.80. The van der Waals surface area contributed by atoms with E-state index in [9.17, 15) is 9.59 Å². The van der Waals surface area contributed by atoms with Crippen molar-refractivity contribution in [3.8, 4) is 0 Å². The first-order chi connectivity index (χ1) is 8.58. The molecule has 0 aromatic carbocycles. The van der Waals surface area contributed by atoms with Crippen LogP contribution in [0.5, 0.6) is 0 Å². The second-order valence-corrected chi connectivity index (χ2v) is 4.51. The number of carboxylic acid groups (broad SMARTS) is 1. The summed E-state index contributed by atoms with van der Waals surface area (Å²) >= 11 is 0. The molecule has 98 valence electrons. The van der Waals surface area contributed by atoms with Gasteiger partial charge in [0.15, 0.2) is 11.4 Å². The monoisotopic (exact) mass is 252 g/mol. The number of amides is 1. The zero-order chi connectivity index (χ0) is 13.1. The van der Waals surface area contributed by atoms with Gasteiger partial charge in [-0.3, -0.25) is 4.79 Å². The molecule has 1 amide bonds. The minimum Gasteiger partial charge on any atom is -0.477 e. The number of H-pyrrole nitrogens is 1. The maximum absolute atomic E-state index is 11.9. The van der Waals surface area contributed by atoms with Crippen LogP contribution in [0.4, 0.5) is 0 Å². The van der Waals surface area contributed by atoms with E-state index in [1.165, 1.54) is 6.33 Å². The minimum absolute atomic E-state index is 0.0506. The highest BCUT2D eigenvalue weighted by atomic mass is 16.4. The number of nitrogens with one attached hydrogen (secondary N) is 2. The molecular weight excluding hydrogens is 236 g/mol. The lowest BCUT2D eigenvalue weighted by Gasteiger charge is -2.29. The highest BCUT2D eigenvalue weighted by Gasteiger charge is 2.24. The maximum atomic E-state index is 11.9. The van der Waals surface area contributed by atoms with E-state index in [1.54, 1.807) is 0 Å². The van der Waals surface area contributed by atoms with Crippen molar-refractivity contribution >= 4 is 11.9 Å². The Morgan fingerprint density at radius 1 is 1.61 bits per heavy atom. The molecule has 1 unspecified atom stereocenters. The van der Waals surface area contributed by atoms with Gasteiger partial charge in [0.25, 0.3) is 5.91 Å². The molecule has 7 nitrogen and oxygen atoms in total. The summed E-state index contributed by atoms with van der Waals surface area (Å²) in [6, 6.07) is 0.0506. The number of aromatic carboxylic acids is 1. The number of piperidine rings is 1. The van der Waals surface area contributed by atoms with Gasteiger partial charge in [-0.1, -0.05) is 0 Å². The highest BCUT2D eigenvalue weighted by Crippen LogP contribution is 2.09. The third kappa shape index (κ3) is 2.67. The number of aromatic nitrogens is 2. The molecule has 1 aromatic heterocycles. The van der Waals surface area contributed by atoms with E-state index in [1.807, 2.05) is 7.05 Å². The van der Waals surface area contributed by atoms with Crippen LogP contribution in [-0.4, -0.2) is 58.0 Å². The molecule has 0 saturated carbocycles. The molecule has 0 spiro atoms. The minimum atomic E-state index is -1.18. The zero-order valence-electron chi connectivity index (χ0n) is 10.1.